The quantitative estimate of drug-likeness (QED) is 0.507. The third kappa shape index (κ3) is 3.96. The molecule has 0 aliphatic carbocycles. The number of benzene rings is 2. The minimum absolute atomic E-state index is 0. The monoisotopic (exact) mass is 452 g/mol. The van der Waals surface area contributed by atoms with Gasteiger partial charge in [0.25, 0.3) is 0 Å². The molecular weight excluding hydrogens is 416 g/mol. The Bertz CT molecular complexity index is 1140. The third-order valence-electron chi connectivity index (χ3n) is 7.03. The molecule has 0 saturated carbocycles. The number of hydrogen-bond donors (Lipinski definition) is 1. The number of aromatic nitrogens is 1. The standard InChI is InChI=1S/C26H32N2O4.CH4/c1-4-5-10-32-26-11-17-8-9-27-15-24-21(13-23(27)19(17)14-25(26)31-3)20-12-18(30-2)6-7-22(20)28(24)16-29;/h6-7,11-12,14,23,29H,4-5,8-10,13,15-16H2,1-3H3;1H4. The van der Waals surface area contributed by atoms with Crippen molar-refractivity contribution in [2.45, 2.75) is 59.4 Å². The van der Waals surface area contributed by atoms with Gasteiger partial charge in [0.2, 0.25) is 0 Å². The van der Waals surface area contributed by atoms with Crippen molar-refractivity contribution >= 4 is 10.9 Å². The van der Waals surface area contributed by atoms with Crippen LogP contribution in [0.15, 0.2) is 30.3 Å². The number of fused-ring (bicyclic) bond motifs is 6. The summed E-state index contributed by atoms with van der Waals surface area (Å²) >= 11 is 0. The summed E-state index contributed by atoms with van der Waals surface area (Å²) < 4.78 is 19.3. The van der Waals surface area contributed by atoms with E-state index in [2.05, 4.69) is 36.1 Å². The summed E-state index contributed by atoms with van der Waals surface area (Å²) in [4.78, 5) is 2.53. The zero-order valence-electron chi connectivity index (χ0n) is 19.2. The van der Waals surface area contributed by atoms with E-state index in [-0.39, 0.29) is 20.2 Å². The van der Waals surface area contributed by atoms with Crippen molar-refractivity contribution < 1.29 is 19.3 Å². The van der Waals surface area contributed by atoms with Gasteiger partial charge in [0.05, 0.1) is 26.3 Å². The van der Waals surface area contributed by atoms with Crippen LogP contribution in [0.4, 0.5) is 0 Å². The van der Waals surface area contributed by atoms with Gasteiger partial charge in [-0.25, -0.2) is 0 Å². The Morgan fingerprint density at radius 2 is 1.94 bits per heavy atom. The Balaban J connectivity index is 0.00000259. The third-order valence-corrected chi connectivity index (χ3v) is 7.03. The van der Waals surface area contributed by atoms with E-state index in [9.17, 15) is 5.11 Å². The summed E-state index contributed by atoms with van der Waals surface area (Å²) in [6, 6.07) is 10.8. The second-order valence-corrected chi connectivity index (χ2v) is 8.72. The predicted octanol–water partition coefficient (Wildman–Crippen LogP) is 5.08. The zero-order chi connectivity index (χ0) is 22.2. The van der Waals surface area contributed by atoms with Crippen LogP contribution in [-0.2, 0) is 26.1 Å². The lowest BCUT2D eigenvalue weighted by Gasteiger charge is -2.41. The van der Waals surface area contributed by atoms with Crippen LogP contribution in [-0.4, -0.2) is 41.9 Å². The van der Waals surface area contributed by atoms with Gasteiger partial charge in [-0.15, -0.1) is 0 Å². The topological polar surface area (TPSA) is 56.1 Å². The second kappa shape index (κ2) is 9.65. The molecule has 6 heteroatoms. The molecule has 3 aromatic rings. The summed E-state index contributed by atoms with van der Waals surface area (Å²) in [5, 5.41) is 11.3. The lowest BCUT2D eigenvalue weighted by Crippen LogP contribution is -2.39. The number of aliphatic hydroxyl groups excluding tert-OH is 1. The molecule has 1 N–H and O–H groups in total. The Morgan fingerprint density at radius 3 is 2.67 bits per heavy atom. The van der Waals surface area contributed by atoms with Gasteiger partial charge < -0.3 is 23.9 Å². The summed E-state index contributed by atoms with van der Waals surface area (Å²) in [5.74, 6) is 2.51. The number of rotatable bonds is 7. The van der Waals surface area contributed by atoms with Crippen molar-refractivity contribution in [3.05, 3.63) is 52.7 Å². The maximum atomic E-state index is 10.1. The van der Waals surface area contributed by atoms with Crippen LogP contribution >= 0.6 is 0 Å². The maximum absolute atomic E-state index is 10.1. The van der Waals surface area contributed by atoms with Gasteiger partial charge in [-0.3, -0.25) is 4.90 Å². The molecule has 178 valence electrons. The zero-order valence-corrected chi connectivity index (χ0v) is 19.2. The Labute approximate surface area is 196 Å². The van der Waals surface area contributed by atoms with Crippen molar-refractivity contribution in [2.24, 2.45) is 0 Å². The van der Waals surface area contributed by atoms with E-state index in [1.165, 1.54) is 27.8 Å². The van der Waals surface area contributed by atoms with Gasteiger partial charge in [-0.2, -0.15) is 0 Å². The van der Waals surface area contributed by atoms with Crippen LogP contribution in [0.2, 0.25) is 0 Å². The molecule has 0 bridgehead atoms. The van der Waals surface area contributed by atoms with Gasteiger partial charge in [0.15, 0.2) is 11.5 Å². The minimum Gasteiger partial charge on any atom is -0.497 e. The van der Waals surface area contributed by atoms with Gasteiger partial charge in [-0.1, -0.05) is 20.8 Å². The van der Waals surface area contributed by atoms with Crippen molar-refractivity contribution in [3.8, 4) is 17.2 Å². The highest BCUT2D eigenvalue weighted by Gasteiger charge is 2.36. The van der Waals surface area contributed by atoms with E-state index < -0.39 is 0 Å². The van der Waals surface area contributed by atoms with Crippen LogP contribution < -0.4 is 14.2 Å². The first-order valence-corrected chi connectivity index (χ1v) is 11.5. The normalized spacial score (nSPS) is 17.0. The molecule has 0 amide bonds. The fraction of sp³-hybridized carbons (Fsp3) is 0.481. The van der Waals surface area contributed by atoms with Crippen molar-refractivity contribution in [1.82, 2.24) is 9.47 Å². The van der Waals surface area contributed by atoms with E-state index in [4.69, 9.17) is 14.2 Å². The van der Waals surface area contributed by atoms with Crippen LogP contribution in [0.25, 0.3) is 10.9 Å². The molecule has 33 heavy (non-hydrogen) atoms. The minimum atomic E-state index is -0.0143. The maximum Gasteiger partial charge on any atom is 0.161 e. The van der Waals surface area contributed by atoms with Gasteiger partial charge in [0, 0.05) is 30.2 Å². The Morgan fingerprint density at radius 1 is 1.09 bits per heavy atom. The fourth-order valence-corrected chi connectivity index (χ4v) is 5.33. The van der Waals surface area contributed by atoms with E-state index >= 15 is 0 Å². The first-order valence-electron chi connectivity index (χ1n) is 11.5. The van der Waals surface area contributed by atoms with E-state index in [0.717, 1.165) is 61.5 Å². The first kappa shape index (κ1) is 23.5. The van der Waals surface area contributed by atoms with Crippen molar-refractivity contribution in [3.63, 3.8) is 0 Å². The molecule has 0 saturated heterocycles. The van der Waals surface area contributed by atoms with Crippen LogP contribution in [0.5, 0.6) is 17.2 Å². The molecular formula is C27H36N2O4. The average Bonchev–Trinajstić information content (AvgIpc) is 3.14. The van der Waals surface area contributed by atoms with E-state index in [1.54, 1.807) is 14.2 Å². The Hall–Kier alpha value is -2.70. The van der Waals surface area contributed by atoms with E-state index in [1.807, 2.05) is 10.6 Å². The van der Waals surface area contributed by atoms with Gasteiger partial charge >= 0.3 is 0 Å². The van der Waals surface area contributed by atoms with Crippen LogP contribution in [0.3, 0.4) is 0 Å². The molecule has 3 heterocycles. The molecule has 1 atom stereocenters. The van der Waals surface area contributed by atoms with Crippen LogP contribution in [0, 0.1) is 0 Å². The highest BCUT2D eigenvalue weighted by atomic mass is 16.5. The summed E-state index contributed by atoms with van der Waals surface area (Å²) in [6.07, 6.45) is 4.04. The smallest absolute Gasteiger partial charge is 0.161 e. The van der Waals surface area contributed by atoms with Gasteiger partial charge in [0.1, 0.15) is 12.5 Å². The summed E-state index contributed by atoms with van der Waals surface area (Å²) in [7, 11) is 3.41. The lowest BCUT2D eigenvalue weighted by atomic mass is 9.85. The number of hydrogen-bond acceptors (Lipinski definition) is 5. The summed E-state index contributed by atoms with van der Waals surface area (Å²) in [6.45, 7) is 4.69. The molecule has 0 radical (unpaired) electrons. The highest BCUT2D eigenvalue weighted by molar-refractivity contribution is 5.87. The first-order chi connectivity index (χ1) is 15.7. The second-order valence-electron chi connectivity index (χ2n) is 8.72. The summed E-state index contributed by atoms with van der Waals surface area (Å²) in [5.41, 5.74) is 6.27. The van der Waals surface area contributed by atoms with E-state index in [0.29, 0.717) is 6.61 Å². The average molecular weight is 453 g/mol. The number of aliphatic hydroxyl groups is 1. The SMILES string of the molecule is C.CCCCOc1cc2c(cc1OC)C1Cc3c(n(CO)c4ccc(OC)cc34)CN1CC2. The highest BCUT2D eigenvalue weighted by Crippen LogP contribution is 2.45. The van der Waals surface area contributed by atoms with Gasteiger partial charge in [-0.05, 0) is 66.3 Å². The molecule has 2 aliphatic heterocycles. The predicted molar refractivity (Wildman–Crippen MR) is 131 cm³/mol. The van der Waals surface area contributed by atoms with Crippen LogP contribution in [0.1, 0.15) is 55.6 Å². The number of ether oxygens (including phenoxy) is 3. The molecule has 0 fully saturated rings. The molecule has 2 aromatic carbocycles. The molecule has 1 aromatic heterocycles. The molecule has 5 rings (SSSR count). The molecule has 1 unspecified atom stereocenters. The lowest BCUT2D eigenvalue weighted by molar-refractivity contribution is 0.145. The van der Waals surface area contributed by atoms with Crippen molar-refractivity contribution in [2.75, 3.05) is 27.4 Å². The Kier molecular flexibility index (Phi) is 6.86. The number of methoxy groups -OCH3 is 2. The molecule has 6 nitrogen and oxygen atoms in total. The fourth-order valence-electron chi connectivity index (χ4n) is 5.33. The molecule has 0 spiro atoms. The van der Waals surface area contributed by atoms with Crippen molar-refractivity contribution in [1.29, 1.82) is 0 Å². The number of unbranched alkanes of at least 4 members (excludes halogenated alkanes) is 1. The largest absolute Gasteiger partial charge is 0.497 e. The molecule has 2 aliphatic rings. The number of nitrogens with zero attached hydrogens (tertiary/aromatic N) is 2.